The van der Waals surface area contributed by atoms with Gasteiger partial charge in [-0.1, -0.05) is 23.7 Å². The molecule has 0 fully saturated rings. The Labute approximate surface area is 139 Å². The summed E-state index contributed by atoms with van der Waals surface area (Å²) in [5, 5.41) is 10.7. The van der Waals surface area contributed by atoms with Crippen molar-refractivity contribution in [1.82, 2.24) is 5.32 Å². The molecule has 0 heterocycles. The number of halogens is 1. The zero-order chi connectivity index (χ0) is 16.9. The van der Waals surface area contributed by atoms with Crippen molar-refractivity contribution in [3.8, 4) is 0 Å². The van der Waals surface area contributed by atoms with Gasteiger partial charge in [0.2, 0.25) is 10.0 Å². The van der Waals surface area contributed by atoms with Crippen LogP contribution in [0.15, 0.2) is 59.6 Å². The van der Waals surface area contributed by atoms with Crippen LogP contribution in [-0.4, -0.2) is 14.4 Å². The van der Waals surface area contributed by atoms with E-state index in [4.69, 9.17) is 16.7 Å². The third-order valence-electron chi connectivity index (χ3n) is 2.80. The molecule has 8 heteroatoms. The fraction of sp³-hybridized carbons (Fsp3) is 0. The van der Waals surface area contributed by atoms with Gasteiger partial charge in [-0.2, -0.15) is 0 Å². The monoisotopic (exact) mass is 351 g/mol. The van der Waals surface area contributed by atoms with E-state index in [9.17, 15) is 13.2 Å². The topological polar surface area (TPSA) is 101 Å². The van der Waals surface area contributed by atoms with Crippen molar-refractivity contribution in [2.75, 3.05) is 5.32 Å². The highest BCUT2D eigenvalue weighted by atomic mass is 35.5. The van der Waals surface area contributed by atoms with Gasteiger partial charge in [0.05, 0.1) is 4.90 Å². The summed E-state index contributed by atoms with van der Waals surface area (Å²) in [6.07, 6.45) is 3.19. The minimum absolute atomic E-state index is 0.0221. The maximum Gasteiger partial charge on any atom is 0.323 e. The molecule has 0 saturated carbocycles. The standard InChI is InChI=1S/C15H14ClN3O3S/c16-12-3-1-11(2-4-12)9-10-18-15(20)19-13-5-7-14(8-6-13)23(17,21)22/h1-10H,(H2,17,21,22)(H2,18,19,20)/b10-9+. The van der Waals surface area contributed by atoms with E-state index in [1.54, 1.807) is 18.2 Å². The second-order valence-electron chi connectivity index (χ2n) is 4.55. The first kappa shape index (κ1) is 17.0. The van der Waals surface area contributed by atoms with E-state index in [1.165, 1.54) is 30.5 Å². The molecule has 23 heavy (non-hydrogen) atoms. The summed E-state index contributed by atoms with van der Waals surface area (Å²) in [4.78, 5) is 11.7. The summed E-state index contributed by atoms with van der Waals surface area (Å²) < 4.78 is 22.2. The molecule has 2 aromatic carbocycles. The van der Waals surface area contributed by atoms with Crippen molar-refractivity contribution in [2.45, 2.75) is 4.90 Å². The third-order valence-corrected chi connectivity index (χ3v) is 3.98. The number of amides is 2. The van der Waals surface area contributed by atoms with Gasteiger partial charge in [-0.25, -0.2) is 18.4 Å². The molecule has 4 N–H and O–H groups in total. The normalized spacial score (nSPS) is 11.4. The van der Waals surface area contributed by atoms with Crippen molar-refractivity contribution in [2.24, 2.45) is 5.14 Å². The molecule has 0 radical (unpaired) electrons. The van der Waals surface area contributed by atoms with E-state index in [0.717, 1.165) is 5.56 Å². The maximum absolute atomic E-state index is 11.7. The molecular formula is C15H14ClN3O3S. The van der Waals surface area contributed by atoms with Crippen molar-refractivity contribution < 1.29 is 13.2 Å². The lowest BCUT2D eigenvalue weighted by Crippen LogP contribution is -2.23. The molecule has 2 amide bonds. The third kappa shape index (κ3) is 5.41. The highest BCUT2D eigenvalue weighted by Gasteiger charge is 2.07. The minimum atomic E-state index is -3.74. The summed E-state index contributed by atoms with van der Waals surface area (Å²) in [6.45, 7) is 0. The van der Waals surface area contributed by atoms with Gasteiger partial charge in [0.25, 0.3) is 0 Å². The smallest absolute Gasteiger partial charge is 0.314 e. The number of benzene rings is 2. The van der Waals surface area contributed by atoms with Gasteiger partial charge < -0.3 is 10.6 Å². The van der Waals surface area contributed by atoms with Crippen LogP contribution < -0.4 is 15.8 Å². The molecule has 2 rings (SSSR count). The van der Waals surface area contributed by atoms with E-state index in [1.807, 2.05) is 12.1 Å². The zero-order valence-corrected chi connectivity index (χ0v) is 13.4. The van der Waals surface area contributed by atoms with Gasteiger partial charge in [0.1, 0.15) is 0 Å². The van der Waals surface area contributed by atoms with Crippen LogP contribution in [0.25, 0.3) is 6.08 Å². The summed E-state index contributed by atoms with van der Waals surface area (Å²) in [7, 11) is -3.74. The van der Waals surface area contributed by atoms with Crippen molar-refractivity contribution in [3.05, 3.63) is 65.3 Å². The van der Waals surface area contributed by atoms with Gasteiger partial charge >= 0.3 is 6.03 Å². The van der Waals surface area contributed by atoms with Crippen LogP contribution in [0.5, 0.6) is 0 Å². The van der Waals surface area contributed by atoms with E-state index < -0.39 is 16.1 Å². The molecule has 120 valence electrons. The van der Waals surface area contributed by atoms with Gasteiger partial charge in [-0.3, -0.25) is 0 Å². The van der Waals surface area contributed by atoms with E-state index in [0.29, 0.717) is 10.7 Å². The number of sulfonamides is 1. The van der Waals surface area contributed by atoms with E-state index in [-0.39, 0.29) is 4.90 Å². The molecule has 0 saturated heterocycles. The molecule has 0 atom stereocenters. The largest absolute Gasteiger partial charge is 0.323 e. The molecule has 0 aromatic heterocycles. The Morgan fingerprint density at radius 2 is 1.65 bits per heavy atom. The van der Waals surface area contributed by atoms with Crippen LogP contribution in [0.1, 0.15) is 5.56 Å². The lowest BCUT2D eigenvalue weighted by atomic mass is 10.2. The summed E-state index contributed by atoms with van der Waals surface area (Å²) >= 11 is 5.78. The zero-order valence-electron chi connectivity index (χ0n) is 11.9. The molecule has 6 nitrogen and oxygen atoms in total. The number of carbonyl (C=O) groups is 1. The van der Waals surface area contributed by atoms with Crippen molar-refractivity contribution in [3.63, 3.8) is 0 Å². The number of rotatable bonds is 4. The van der Waals surface area contributed by atoms with E-state index >= 15 is 0 Å². The SMILES string of the molecule is NS(=O)(=O)c1ccc(NC(=O)N/C=C/c2ccc(Cl)cc2)cc1. The van der Waals surface area contributed by atoms with Crippen molar-refractivity contribution >= 4 is 39.4 Å². The molecule has 0 aliphatic carbocycles. The fourth-order valence-corrected chi connectivity index (χ4v) is 2.32. The first-order valence-electron chi connectivity index (χ1n) is 6.47. The number of urea groups is 1. The quantitative estimate of drug-likeness (QED) is 0.789. The molecule has 0 bridgehead atoms. The Kier molecular flexibility index (Phi) is 5.38. The number of anilines is 1. The summed E-state index contributed by atoms with van der Waals surface area (Å²) in [6, 6.07) is 12.2. The van der Waals surface area contributed by atoms with Gasteiger partial charge in [0.15, 0.2) is 0 Å². The number of nitrogens with two attached hydrogens (primary N) is 1. The minimum Gasteiger partial charge on any atom is -0.314 e. The summed E-state index contributed by atoms with van der Waals surface area (Å²) in [5.41, 5.74) is 1.32. The number of nitrogens with one attached hydrogen (secondary N) is 2. The van der Waals surface area contributed by atoms with Gasteiger partial charge in [0, 0.05) is 16.9 Å². The number of hydrogen-bond donors (Lipinski definition) is 3. The lowest BCUT2D eigenvalue weighted by molar-refractivity contribution is 0.255. The highest BCUT2D eigenvalue weighted by Crippen LogP contribution is 2.13. The Hall–Kier alpha value is -2.35. The first-order chi connectivity index (χ1) is 10.8. The van der Waals surface area contributed by atoms with Gasteiger partial charge in [-0.05, 0) is 48.0 Å². The van der Waals surface area contributed by atoms with Crippen LogP contribution >= 0.6 is 11.6 Å². The van der Waals surface area contributed by atoms with Crippen LogP contribution in [0.3, 0.4) is 0 Å². The molecule has 0 aliphatic heterocycles. The lowest BCUT2D eigenvalue weighted by Gasteiger charge is -2.05. The number of primary sulfonamides is 1. The number of hydrogen-bond acceptors (Lipinski definition) is 3. The second-order valence-corrected chi connectivity index (χ2v) is 6.55. The average Bonchev–Trinajstić information content (AvgIpc) is 2.49. The Balaban J connectivity index is 1.91. The second kappa shape index (κ2) is 7.28. The average molecular weight is 352 g/mol. The Morgan fingerprint density at radius 3 is 2.22 bits per heavy atom. The predicted molar refractivity (Wildman–Crippen MR) is 90.5 cm³/mol. The first-order valence-corrected chi connectivity index (χ1v) is 8.39. The van der Waals surface area contributed by atoms with Crippen molar-refractivity contribution in [1.29, 1.82) is 0 Å². The molecule has 0 spiro atoms. The predicted octanol–water partition coefficient (Wildman–Crippen LogP) is 2.78. The number of carbonyl (C=O) groups excluding carboxylic acids is 1. The maximum atomic E-state index is 11.7. The van der Waals surface area contributed by atoms with Crippen LogP contribution in [0.4, 0.5) is 10.5 Å². The highest BCUT2D eigenvalue weighted by molar-refractivity contribution is 7.89. The fourth-order valence-electron chi connectivity index (χ4n) is 1.68. The molecule has 0 aliphatic rings. The summed E-state index contributed by atoms with van der Waals surface area (Å²) in [5.74, 6) is 0. The Morgan fingerprint density at radius 1 is 1.04 bits per heavy atom. The molecule has 2 aromatic rings. The van der Waals surface area contributed by atoms with Crippen LogP contribution in [-0.2, 0) is 10.0 Å². The van der Waals surface area contributed by atoms with Gasteiger partial charge in [-0.15, -0.1) is 0 Å². The Bertz CT molecular complexity index is 816. The van der Waals surface area contributed by atoms with Crippen LogP contribution in [0, 0.1) is 0 Å². The molecular weight excluding hydrogens is 338 g/mol. The van der Waals surface area contributed by atoms with Crippen LogP contribution in [0.2, 0.25) is 5.02 Å². The van der Waals surface area contributed by atoms with E-state index in [2.05, 4.69) is 10.6 Å². The molecule has 0 unspecified atom stereocenters.